The van der Waals surface area contributed by atoms with Crippen LogP contribution in [0.4, 0.5) is 5.69 Å². The summed E-state index contributed by atoms with van der Waals surface area (Å²) in [6, 6.07) is 10.9. The number of benzene rings is 2. The molecule has 0 radical (unpaired) electrons. The number of carboxylic acid groups (broad SMARTS) is 1. The smallest absolute Gasteiger partial charge is 0.330 e. The van der Waals surface area contributed by atoms with Gasteiger partial charge in [0, 0.05) is 18.7 Å². The molecule has 0 aliphatic carbocycles. The van der Waals surface area contributed by atoms with Crippen molar-refractivity contribution >= 4 is 11.7 Å². The third-order valence-electron chi connectivity index (χ3n) is 5.25. The molecule has 3 aromatic rings. The summed E-state index contributed by atoms with van der Waals surface area (Å²) in [7, 11) is 4.63. The summed E-state index contributed by atoms with van der Waals surface area (Å²) in [4.78, 5) is 29.4. The van der Waals surface area contributed by atoms with E-state index in [1.165, 1.54) is 23.4 Å². The van der Waals surface area contributed by atoms with Gasteiger partial charge >= 0.3 is 11.7 Å². The van der Waals surface area contributed by atoms with E-state index >= 15 is 0 Å². The van der Waals surface area contributed by atoms with Crippen molar-refractivity contribution in [3.8, 4) is 22.8 Å². The average molecular weight is 437 g/mol. The van der Waals surface area contributed by atoms with Crippen LogP contribution in [-0.2, 0) is 18.4 Å². The van der Waals surface area contributed by atoms with Crippen LogP contribution in [0.15, 0.2) is 46.2 Å². The second-order valence-electron chi connectivity index (χ2n) is 7.64. The number of nitrogens with zero attached hydrogens (tertiary/aromatic N) is 3. The summed E-state index contributed by atoms with van der Waals surface area (Å²) in [5.41, 5.74) is 4.84. The van der Waals surface area contributed by atoms with E-state index < -0.39 is 18.2 Å². The highest BCUT2D eigenvalue weighted by atomic mass is 16.5. The lowest BCUT2D eigenvalue weighted by Gasteiger charge is -2.16. The van der Waals surface area contributed by atoms with Gasteiger partial charge in [0.25, 0.3) is 0 Å². The lowest BCUT2D eigenvalue weighted by molar-refractivity contribution is -0.137. The number of hydrogen-bond donors (Lipinski definition) is 1. The molecule has 0 atom stereocenters. The zero-order chi connectivity index (χ0) is 23.6. The number of methoxy groups -OCH3 is 2. The van der Waals surface area contributed by atoms with E-state index in [1.807, 2.05) is 32.9 Å². The second kappa shape index (κ2) is 9.13. The first kappa shape index (κ1) is 22.9. The van der Waals surface area contributed by atoms with Gasteiger partial charge in [-0.3, -0.25) is 13.9 Å². The van der Waals surface area contributed by atoms with Crippen LogP contribution >= 0.6 is 0 Å². The Morgan fingerprint density at radius 2 is 1.62 bits per heavy atom. The molecule has 0 aliphatic rings. The predicted molar refractivity (Wildman–Crippen MR) is 122 cm³/mol. The zero-order valence-corrected chi connectivity index (χ0v) is 19.1. The lowest BCUT2D eigenvalue weighted by Crippen LogP contribution is -2.40. The number of aliphatic carboxylic acids is 1. The summed E-state index contributed by atoms with van der Waals surface area (Å²) in [5, 5.41) is 9.40. The molecule has 8 heteroatoms. The highest BCUT2D eigenvalue weighted by molar-refractivity contribution is 5.70. The van der Waals surface area contributed by atoms with Crippen LogP contribution in [0.25, 0.3) is 11.3 Å². The number of rotatable bonds is 6. The molecule has 1 aromatic heterocycles. The van der Waals surface area contributed by atoms with Gasteiger partial charge in [0.1, 0.15) is 12.0 Å². The Kier molecular flexibility index (Phi) is 6.53. The maximum absolute atomic E-state index is 13.2. The van der Waals surface area contributed by atoms with Crippen molar-refractivity contribution in [1.29, 1.82) is 0 Å². The standard InChI is InChI=1S/C24H27N3O5/c1-14-9-15(2)23(16(3)10-14)25-21-12-18(27(13-22(28)29)24(30)26(21)4)17-7-8-19(31-5)20(11-17)32-6/h7-12H,13H2,1-6H3,(H,28,29)/b25-21-. The van der Waals surface area contributed by atoms with E-state index in [1.54, 1.807) is 31.3 Å². The topological polar surface area (TPSA) is 95.1 Å². The van der Waals surface area contributed by atoms with Crippen molar-refractivity contribution < 1.29 is 19.4 Å². The minimum Gasteiger partial charge on any atom is -0.493 e. The highest BCUT2D eigenvalue weighted by Gasteiger charge is 2.16. The Bertz CT molecular complexity index is 1300. The van der Waals surface area contributed by atoms with Gasteiger partial charge < -0.3 is 14.6 Å². The molecule has 32 heavy (non-hydrogen) atoms. The molecule has 0 amide bonds. The lowest BCUT2D eigenvalue weighted by atomic mass is 10.1. The second-order valence-corrected chi connectivity index (χ2v) is 7.64. The van der Waals surface area contributed by atoms with Crippen LogP contribution in [0.2, 0.25) is 0 Å². The fraction of sp³-hybridized carbons (Fsp3) is 0.292. The largest absolute Gasteiger partial charge is 0.493 e. The van der Waals surface area contributed by atoms with Crippen molar-refractivity contribution in [2.45, 2.75) is 27.3 Å². The third-order valence-corrected chi connectivity index (χ3v) is 5.25. The summed E-state index contributed by atoms with van der Waals surface area (Å²) in [6.45, 7) is 5.48. The molecule has 3 rings (SSSR count). The average Bonchev–Trinajstić information content (AvgIpc) is 2.74. The molecule has 8 nitrogen and oxygen atoms in total. The summed E-state index contributed by atoms with van der Waals surface area (Å²) in [5.74, 6) is -0.124. The fourth-order valence-corrected chi connectivity index (χ4v) is 3.77. The molecule has 0 unspecified atom stereocenters. The third kappa shape index (κ3) is 4.44. The molecule has 168 valence electrons. The van der Waals surface area contributed by atoms with Gasteiger partial charge in [-0.15, -0.1) is 0 Å². The van der Waals surface area contributed by atoms with Gasteiger partial charge in [0.15, 0.2) is 11.5 Å². The molecular formula is C24H27N3O5. The van der Waals surface area contributed by atoms with Crippen molar-refractivity contribution in [3.05, 3.63) is 69.1 Å². The van der Waals surface area contributed by atoms with Gasteiger partial charge in [-0.25, -0.2) is 9.79 Å². The summed E-state index contributed by atoms with van der Waals surface area (Å²) >= 11 is 0. The fourth-order valence-electron chi connectivity index (χ4n) is 3.77. The maximum Gasteiger partial charge on any atom is 0.330 e. The monoisotopic (exact) mass is 437 g/mol. The first-order valence-electron chi connectivity index (χ1n) is 10.0. The quantitative estimate of drug-likeness (QED) is 0.639. The van der Waals surface area contributed by atoms with Crippen molar-refractivity contribution in [2.24, 2.45) is 12.0 Å². The molecule has 0 saturated carbocycles. The van der Waals surface area contributed by atoms with Crippen LogP contribution in [0.1, 0.15) is 16.7 Å². The van der Waals surface area contributed by atoms with Crippen LogP contribution in [-0.4, -0.2) is 34.4 Å². The van der Waals surface area contributed by atoms with Gasteiger partial charge in [-0.2, -0.15) is 0 Å². The van der Waals surface area contributed by atoms with E-state index in [2.05, 4.69) is 0 Å². The van der Waals surface area contributed by atoms with Crippen molar-refractivity contribution in [2.75, 3.05) is 14.2 Å². The Morgan fingerprint density at radius 1 is 1.00 bits per heavy atom. The molecule has 1 heterocycles. The van der Waals surface area contributed by atoms with Gasteiger partial charge in [0.2, 0.25) is 0 Å². The van der Waals surface area contributed by atoms with E-state index in [0.29, 0.717) is 28.2 Å². The first-order chi connectivity index (χ1) is 15.2. The van der Waals surface area contributed by atoms with Gasteiger partial charge in [-0.1, -0.05) is 17.7 Å². The van der Waals surface area contributed by atoms with Crippen molar-refractivity contribution in [1.82, 2.24) is 9.13 Å². The van der Waals surface area contributed by atoms with Crippen LogP contribution in [0.5, 0.6) is 11.5 Å². The Morgan fingerprint density at radius 3 is 2.19 bits per heavy atom. The molecule has 0 fully saturated rings. The Hall–Kier alpha value is -3.81. The van der Waals surface area contributed by atoms with E-state index in [4.69, 9.17) is 14.5 Å². The van der Waals surface area contributed by atoms with Crippen LogP contribution < -0.4 is 20.7 Å². The summed E-state index contributed by atoms with van der Waals surface area (Å²) < 4.78 is 13.2. The molecule has 2 aromatic carbocycles. The predicted octanol–water partition coefficient (Wildman–Crippen LogP) is 3.11. The number of aryl methyl sites for hydroxylation is 3. The maximum atomic E-state index is 13.2. The molecule has 0 aliphatic heterocycles. The minimum atomic E-state index is -1.12. The number of carbonyl (C=O) groups is 1. The number of ether oxygens (including phenoxy) is 2. The SMILES string of the molecule is COc1ccc(-c2c/c(=N/c3c(C)cc(C)cc3C)n(C)c(=O)n2CC(=O)O)cc1OC. The van der Waals surface area contributed by atoms with Crippen molar-refractivity contribution in [3.63, 3.8) is 0 Å². The van der Waals surface area contributed by atoms with E-state index in [9.17, 15) is 14.7 Å². The number of hydrogen-bond acceptors (Lipinski definition) is 5. The Balaban J connectivity index is 2.36. The summed E-state index contributed by atoms with van der Waals surface area (Å²) in [6.07, 6.45) is 0. The van der Waals surface area contributed by atoms with Crippen LogP contribution in [0.3, 0.4) is 0 Å². The molecule has 0 spiro atoms. The molecule has 0 bridgehead atoms. The Labute approximate surface area is 186 Å². The van der Waals surface area contributed by atoms with Crippen LogP contribution in [0, 0.1) is 20.8 Å². The number of aromatic nitrogens is 2. The van der Waals surface area contributed by atoms with E-state index in [0.717, 1.165) is 22.4 Å². The first-order valence-corrected chi connectivity index (χ1v) is 10.0. The zero-order valence-electron chi connectivity index (χ0n) is 19.1. The highest BCUT2D eigenvalue weighted by Crippen LogP contribution is 2.32. The molecule has 1 N–H and O–H groups in total. The molecule has 0 saturated heterocycles. The number of carboxylic acids is 1. The van der Waals surface area contributed by atoms with E-state index in [-0.39, 0.29) is 0 Å². The molecular weight excluding hydrogens is 410 g/mol. The minimum absolute atomic E-state index is 0.413. The van der Waals surface area contributed by atoms with Gasteiger partial charge in [-0.05, 0) is 50.1 Å². The normalized spacial score (nSPS) is 11.5. The van der Waals surface area contributed by atoms with Gasteiger partial charge in [0.05, 0.1) is 25.6 Å².